The van der Waals surface area contributed by atoms with Crippen LogP contribution in [0.25, 0.3) is 22.3 Å². The van der Waals surface area contributed by atoms with Crippen molar-refractivity contribution in [3.8, 4) is 28.6 Å². The van der Waals surface area contributed by atoms with Crippen molar-refractivity contribution in [2.45, 2.75) is 39.2 Å². The highest BCUT2D eigenvalue weighted by molar-refractivity contribution is 6.33. The van der Waals surface area contributed by atoms with Gasteiger partial charge in [0.25, 0.3) is 0 Å². The van der Waals surface area contributed by atoms with Crippen LogP contribution in [0, 0.1) is 0 Å². The number of halogens is 1. The highest BCUT2D eigenvalue weighted by Gasteiger charge is 2.23. The number of aromatic nitrogens is 3. The molecule has 2 heterocycles. The average molecular weight is 549 g/mol. The van der Waals surface area contributed by atoms with Gasteiger partial charge < -0.3 is 30.0 Å². The molecular weight excluding hydrogens is 516 g/mol. The van der Waals surface area contributed by atoms with Crippen LogP contribution in [-0.4, -0.2) is 58.2 Å². The van der Waals surface area contributed by atoms with Crippen molar-refractivity contribution in [3.05, 3.63) is 59.9 Å². The van der Waals surface area contributed by atoms with Crippen LogP contribution in [0.4, 0.5) is 10.5 Å². The summed E-state index contributed by atoms with van der Waals surface area (Å²) in [5.74, 6) is 1.75. The molecule has 5 rings (SSSR count). The number of carbonyl (C=O) groups is 1. The maximum Gasteiger partial charge on any atom is 0.319 e. The van der Waals surface area contributed by atoms with Gasteiger partial charge >= 0.3 is 6.03 Å². The van der Waals surface area contributed by atoms with Crippen LogP contribution in [0.15, 0.2) is 54.9 Å². The summed E-state index contributed by atoms with van der Waals surface area (Å²) in [5, 5.41) is 6.76. The van der Waals surface area contributed by atoms with E-state index in [1.807, 2.05) is 30.3 Å². The van der Waals surface area contributed by atoms with Gasteiger partial charge in [-0.05, 0) is 80.4 Å². The second kappa shape index (κ2) is 12.4. The Kier molecular flexibility index (Phi) is 8.48. The Hall–Kier alpha value is -3.82. The lowest BCUT2D eigenvalue weighted by Crippen LogP contribution is -2.30. The van der Waals surface area contributed by atoms with Gasteiger partial charge in [-0.25, -0.2) is 14.8 Å². The molecule has 0 atom stereocenters. The summed E-state index contributed by atoms with van der Waals surface area (Å²) in [6.45, 7) is 8.20. The largest absolute Gasteiger partial charge is 0.494 e. The first kappa shape index (κ1) is 26.8. The molecule has 1 aliphatic carbocycles. The predicted molar refractivity (Wildman–Crippen MR) is 154 cm³/mol. The van der Waals surface area contributed by atoms with Gasteiger partial charge in [-0.3, -0.25) is 0 Å². The number of anilines is 1. The van der Waals surface area contributed by atoms with Crippen LogP contribution in [0.2, 0.25) is 5.02 Å². The number of H-pyrrole nitrogens is 1. The molecular formula is C29H33ClN6O3. The van der Waals surface area contributed by atoms with E-state index in [9.17, 15) is 4.79 Å². The lowest BCUT2D eigenvalue weighted by molar-refractivity contribution is 0.249. The van der Waals surface area contributed by atoms with E-state index in [1.54, 1.807) is 18.2 Å². The molecule has 2 aromatic carbocycles. The predicted octanol–water partition coefficient (Wildman–Crippen LogP) is 6.47. The van der Waals surface area contributed by atoms with Crippen molar-refractivity contribution in [1.82, 2.24) is 25.2 Å². The zero-order valence-corrected chi connectivity index (χ0v) is 22.9. The molecule has 0 unspecified atom stereocenters. The Labute approximate surface area is 232 Å². The van der Waals surface area contributed by atoms with E-state index in [4.69, 9.17) is 21.1 Å². The first-order chi connectivity index (χ1) is 19.0. The number of nitrogens with zero attached hydrogens (tertiary/aromatic N) is 3. The maximum absolute atomic E-state index is 12.0. The van der Waals surface area contributed by atoms with Crippen molar-refractivity contribution in [2.75, 3.05) is 31.6 Å². The third-order valence-electron chi connectivity index (χ3n) is 6.65. The fraction of sp³-hybridized carbons (Fsp3) is 0.345. The minimum absolute atomic E-state index is 0.261. The fourth-order valence-corrected chi connectivity index (χ4v) is 4.46. The Bertz CT molecular complexity index is 1420. The minimum atomic E-state index is -0.264. The number of hydrogen-bond donors (Lipinski definition) is 3. The molecule has 3 N–H and O–H groups in total. The second-order valence-electron chi connectivity index (χ2n) is 9.49. The number of amides is 2. The number of benzene rings is 2. The summed E-state index contributed by atoms with van der Waals surface area (Å²) in [5.41, 5.74) is 3.06. The molecule has 4 aromatic rings. The molecule has 9 nitrogen and oxygen atoms in total. The molecule has 10 heteroatoms. The Morgan fingerprint density at radius 3 is 2.56 bits per heavy atom. The van der Waals surface area contributed by atoms with E-state index >= 15 is 0 Å². The van der Waals surface area contributed by atoms with Gasteiger partial charge in [0.1, 0.15) is 23.5 Å². The molecule has 0 spiro atoms. The van der Waals surface area contributed by atoms with Gasteiger partial charge in [0.05, 0.1) is 22.7 Å². The lowest BCUT2D eigenvalue weighted by atomic mass is 10.1. The number of nitrogens with one attached hydrogen (secondary N) is 3. The molecule has 39 heavy (non-hydrogen) atoms. The third kappa shape index (κ3) is 6.99. The SMILES string of the molecule is CCN(CC)CCCOc1ccc(-c2cc3c(Oc4ccc(NC(=O)NC5CC5)c(Cl)c4)ncnc3[nH]2)cc1. The summed E-state index contributed by atoms with van der Waals surface area (Å²) in [6, 6.07) is 15.0. The van der Waals surface area contributed by atoms with Crippen molar-refractivity contribution < 1.29 is 14.3 Å². The molecule has 0 aliphatic heterocycles. The van der Waals surface area contributed by atoms with E-state index in [2.05, 4.69) is 44.3 Å². The summed E-state index contributed by atoms with van der Waals surface area (Å²) < 4.78 is 12.0. The maximum atomic E-state index is 12.0. The number of hydrogen-bond acceptors (Lipinski definition) is 6. The van der Waals surface area contributed by atoms with E-state index < -0.39 is 0 Å². The number of ether oxygens (including phenoxy) is 2. The lowest BCUT2D eigenvalue weighted by Gasteiger charge is -2.17. The molecule has 1 aliphatic rings. The van der Waals surface area contributed by atoms with Crippen LogP contribution in [-0.2, 0) is 0 Å². The van der Waals surface area contributed by atoms with Crippen LogP contribution in [0.1, 0.15) is 33.1 Å². The summed E-state index contributed by atoms with van der Waals surface area (Å²) in [7, 11) is 0. The molecule has 0 radical (unpaired) electrons. The average Bonchev–Trinajstić information content (AvgIpc) is 3.64. The monoisotopic (exact) mass is 548 g/mol. The summed E-state index contributed by atoms with van der Waals surface area (Å²) in [4.78, 5) is 26.5. The fourth-order valence-electron chi connectivity index (χ4n) is 4.25. The first-order valence-corrected chi connectivity index (χ1v) is 13.7. The Morgan fingerprint density at radius 2 is 1.85 bits per heavy atom. The Balaban J connectivity index is 1.23. The minimum Gasteiger partial charge on any atom is -0.494 e. The number of fused-ring (bicyclic) bond motifs is 1. The molecule has 204 valence electrons. The molecule has 1 saturated carbocycles. The zero-order chi connectivity index (χ0) is 27.2. The highest BCUT2D eigenvalue weighted by Crippen LogP contribution is 2.34. The molecule has 0 saturated heterocycles. The number of aromatic amines is 1. The van der Waals surface area contributed by atoms with Crippen molar-refractivity contribution in [2.24, 2.45) is 0 Å². The van der Waals surface area contributed by atoms with Crippen LogP contribution < -0.4 is 20.1 Å². The van der Waals surface area contributed by atoms with Gasteiger partial charge in [-0.1, -0.05) is 25.4 Å². The number of urea groups is 1. The molecule has 2 aromatic heterocycles. The van der Waals surface area contributed by atoms with E-state index in [1.165, 1.54) is 6.33 Å². The third-order valence-corrected chi connectivity index (χ3v) is 6.96. The van der Waals surface area contributed by atoms with E-state index in [0.717, 1.165) is 61.3 Å². The van der Waals surface area contributed by atoms with Crippen LogP contribution in [0.3, 0.4) is 0 Å². The summed E-state index contributed by atoms with van der Waals surface area (Å²) in [6.07, 6.45) is 4.47. The van der Waals surface area contributed by atoms with Crippen molar-refractivity contribution in [1.29, 1.82) is 0 Å². The zero-order valence-electron chi connectivity index (χ0n) is 22.2. The quantitative estimate of drug-likeness (QED) is 0.175. The van der Waals surface area contributed by atoms with Crippen LogP contribution >= 0.6 is 11.6 Å². The van der Waals surface area contributed by atoms with Crippen molar-refractivity contribution >= 4 is 34.4 Å². The van der Waals surface area contributed by atoms with Gasteiger partial charge in [-0.2, -0.15) is 0 Å². The Morgan fingerprint density at radius 1 is 1.08 bits per heavy atom. The standard InChI is InChI=1S/C29H33ClN6O3/c1-3-36(4-2)14-5-15-38-21-10-6-19(7-11-21)26-17-23-27(34-26)31-18-32-28(23)39-22-12-13-25(24(30)16-22)35-29(37)33-20-8-9-20/h6-7,10-13,16-18,20H,3-5,8-9,14-15H2,1-2H3,(H,31,32,34)(H2,33,35,37). The highest BCUT2D eigenvalue weighted by atomic mass is 35.5. The first-order valence-electron chi connectivity index (χ1n) is 13.4. The van der Waals surface area contributed by atoms with E-state index in [-0.39, 0.29) is 12.1 Å². The number of carbonyl (C=O) groups excluding carboxylic acids is 1. The van der Waals surface area contributed by atoms with Gasteiger partial charge in [-0.15, -0.1) is 0 Å². The second-order valence-corrected chi connectivity index (χ2v) is 9.90. The van der Waals surface area contributed by atoms with Gasteiger partial charge in [0.15, 0.2) is 0 Å². The van der Waals surface area contributed by atoms with Gasteiger partial charge in [0, 0.05) is 24.3 Å². The van der Waals surface area contributed by atoms with E-state index in [0.29, 0.717) is 34.6 Å². The molecule has 2 amide bonds. The normalized spacial score (nSPS) is 13.0. The van der Waals surface area contributed by atoms with Gasteiger partial charge in [0.2, 0.25) is 5.88 Å². The topological polar surface area (TPSA) is 104 Å². The van der Waals surface area contributed by atoms with Crippen molar-refractivity contribution in [3.63, 3.8) is 0 Å². The van der Waals surface area contributed by atoms with Crippen LogP contribution in [0.5, 0.6) is 17.4 Å². The smallest absolute Gasteiger partial charge is 0.319 e. The number of rotatable bonds is 12. The summed E-state index contributed by atoms with van der Waals surface area (Å²) >= 11 is 6.40. The molecule has 1 fully saturated rings. The molecule has 0 bridgehead atoms.